The smallest absolute Gasteiger partial charge is 0.395 e. The lowest BCUT2D eigenvalue weighted by Crippen LogP contribution is -2.31. The number of carbonyl (C=O) groups is 1. The molecule has 0 saturated heterocycles. The number of halogens is 2. The van der Waals surface area contributed by atoms with Gasteiger partial charge in [-0.15, -0.1) is 20.1 Å². The molecule has 2 amide bonds. The van der Waals surface area contributed by atoms with Crippen LogP contribution in [0.3, 0.4) is 0 Å². The first-order chi connectivity index (χ1) is 12.8. The highest BCUT2D eigenvalue weighted by Gasteiger charge is 2.43. The number of carbonyl (C=O) groups excluding carboxylic acids is 1. The molecule has 6 nitrogen and oxygen atoms in total. The Morgan fingerprint density at radius 3 is 2.56 bits per heavy atom. The molecule has 1 aromatic heterocycles. The van der Waals surface area contributed by atoms with Crippen molar-refractivity contribution in [3.63, 3.8) is 0 Å². The minimum atomic E-state index is -3.67. The lowest BCUT2D eigenvalue weighted by molar-refractivity contribution is -0.286. The van der Waals surface area contributed by atoms with E-state index in [0.717, 1.165) is 17.7 Å². The Balaban J connectivity index is 1.97. The summed E-state index contributed by atoms with van der Waals surface area (Å²) >= 11 is 1.35. The van der Waals surface area contributed by atoms with E-state index >= 15 is 0 Å². The average Bonchev–Trinajstić information content (AvgIpc) is 3.11. The van der Waals surface area contributed by atoms with Crippen molar-refractivity contribution in [2.75, 3.05) is 13.1 Å². The van der Waals surface area contributed by atoms with Gasteiger partial charge in [0.05, 0.1) is 5.69 Å². The van der Waals surface area contributed by atoms with Crippen LogP contribution in [0.5, 0.6) is 11.5 Å². The van der Waals surface area contributed by atoms with Gasteiger partial charge in [-0.2, -0.15) is 4.99 Å². The number of rotatable bonds is 5. The molecule has 1 aliphatic rings. The van der Waals surface area contributed by atoms with E-state index in [2.05, 4.69) is 14.5 Å². The van der Waals surface area contributed by atoms with Gasteiger partial charge in [0.1, 0.15) is 0 Å². The lowest BCUT2D eigenvalue weighted by Gasteiger charge is -2.18. The molecule has 27 heavy (non-hydrogen) atoms. The Morgan fingerprint density at radius 2 is 1.89 bits per heavy atom. The summed E-state index contributed by atoms with van der Waals surface area (Å²) < 4.78 is 37.1. The molecule has 1 aromatic carbocycles. The van der Waals surface area contributed by atoms with Crippen molar-refractivity contribution in [2.45, 2.75) is 39.9 Å². The van der Waals surface area contributed by atoms with Crippen LogP contribution in [0.4, 0.5) is 13.6 Å². The van der Waals surface area contributed by atoms with E-state index < -0.39 is 6.29 Å². The van der Waals surface area contributed by atoms with Crippen molar-refractivity contribution < 1.29 is 23.0 Å². The number of thiazole rings is 1. The number of benzene rings is 1. The molecule has 9 heteroatoms. The summed E-state index contributed by atoms with van der Waals surface area (Å²) in [5.41, 5.74) is 0.559. The number of nitrogens with zero attached hydrogens (tertiary/aromatic N) is 3. The molecule has 0 aliphatic carbocycles. The predicted molar refractivity (Wildman–Crippen MR) is 97.7 cm³/mol. The third-order valence-electron chi connectivity index (χ3n) is 3.88. The first-order valence-corrected chi connectivity index (χ1v) is 9.57. The number of amides is 2. The number of urea groups is 1. The number of hydrogen-bond donors (Lipinski definition) is 0. The standard InChI is InChI=1S/C18H21F2N3O3S/c1-4-8-22(9-5-2)16(24)21-17-23(11-12(3)27-17)13-6-7-14-15(10-13)26-18(19,20)25-14/h6-7,10-11H,4-5,8-9H2,1-3H3/b21-17-. The van der Waals surface area contributed by atoms with E-state index in [-0.39, 0.29) is 17.5 Å². The van der Waals surface area contributed by atoms with Crippen LogP contribution in [0.25, 0.3) is 5.69 Å². The van der Waals surface area contributed by atoms with Crippen molar-refractivity contribution in [3.8, 4) is 17.2 Å². The van der Waals surface area contributed by atoms with E-state index in [0.29, 0.717) is 23.6 Å². The fourth-order valence-electron chi connectivity index (χ4n) is 2.80. The van der Waals surface area contributed by atoms with Crippen molar-refractivity contribution in [1.82, 2.24) is 9.47 Å². The summed E-state index contributed by atoms with van der Waals surface area (Å²) in [6, 6.07) is 4.18. The van der Waals surface area contributed by atoms with Crippen LogP contribution in [0.15, 0.2) is 29.4 Å². The van der Waals surface area contributed by atoms with E-state index in [9.17, 15) is 13.6 Å². The van der Waals surface area contributed by atoms with Gasteiger partial charge in [0.25, 0.3) is 0 Å². The minimum Gasteiger partial charge on any atom is -0.395 e. The molecule has 0 saturated carbocycles. The summed E-state index contributed by atoms with van der Waals surface area (Å²) in [7, 11) is 0. The summed E-state index contributed by atoms with van der Waals surface area (Å²) in [6.45, 7) is 7.18. The maximum absolute atomic E-state index is 13.2. The zero-order valence-electron chi connectivity index (χ0n) is 15.4. The SMILES string of the molecule is CCCN(CCC)C(=O)/N=c1\sc(C)cn1-c1ccc2c(c1)OC(F)(F)O2. The van der Waals surface area contributed by atoms with Gasteiger partial charge in [-0.3, -0.25) is 4.57 Å². The number of ether oxygens (including phenoxy) is 2. The Hall–Kier alpha value is -2.42. The van der Waals surface area contributed by atoms with Crippen molar-refractivity contribution in [3.05, 3.63) is 34.1 Å². The first kappa shape index (κ1) is 19.3. The van der Waals surface area contributed by atoms with E-state index in [1.54, 1.807) is 21.7 Å². The molecule has 0 spiro atoms. The average molecular weight is 397 g/mol. The number of aryl methyl sites for hydroxylation is 1. The molecular formula is C18H21F2N3O3S. The highest BCUT2D eigenvalue weighted by Crippen LogP contribution is 2.41. The summed E-state index contributed by atoms with van der Waals surface area (Å²) in [5.74, 6) is -0.0762. The Kier molecular flexibility index (Phi) is 5.50. The van der Waals surface area contributed by atoms with Gasteiger partial charge in [0.15, 0.2) is 16.3 Å². The molecule has 3 rings (SSSR count). The van der Waals surface area contributed by atoms with Crippen LogP contribution in [-0.4, -0.2) is 34.9 Å². The van der Waals surface area contributed by atoms with Gasteiger partial charge in [-0.25, -0.2) is 4.79 Å². The van der Waals surface area contributed by atoms with Crippen molar-refractivity contribution in [1.29, 1.82) is 0 Å². The third kappa shape index (κ3) is 4.29. The number of hydrogen-bond acceptors (Lipinski definition) is 4. The molecule has 2 heterocycles. The molecule has 0 unspecified atom stereocenters. The number of aromatic nitrogens is 1. The summed E-state index contributed by atoms with van der Waals surface area (Å²) in [4.78, 5) is 19.9. The van der Waals surface area contributed by atoms with Crippen molar-refractivity contribution in [2.24, 2.45) is 4.99 Å². The maximum Gasteiger partial charge on any atom is 0.586 e. The Bertz CT molecular complexity index is 901. The normalized spacial score (nSPS) is 15.2. The molecule has 0 fully saturated rings. The minimum absolute atomic E-state index is 0.0251. The van der Waals surface area contributed by atoms with Crippen LogP contribution in [0.1, 0.15) is 31.6 Å². The van der Waals surface area contributed by atoms with Gasteiger partial charge >= 0.3 is 12.3 Å². The second-order valence-corrected chi connectivity index (χ2v) is 7.39. The predicted octanol–water partition coefficient (Wildman–Crippen LogP) is 4.31. The molecule has 0 N–H and O–H groups in total. The molecule has 0 atom stereocenters. The van der Waals surface area contributed by atoms with Gasteiger partial charge in [-0.1, -0.05) is 13.8 Å². The second kappa shape index (κ2) is 7.67. The molecular weight excluding hydrogens is 376 g/mol. The fraction of sp³-hybridized carbons (Fsp3) is 0.444. The fourth-order valence-corrected chi connectivity index (χ4v) is 3.63. The molecule has 0 radical (unpaired) electrons. The number of alkyl halides is 2. The number of fused-ring (bicyclic) bond motifs is 1. The van der Waals surface area contributed by atoms with Crippen LogP contribution < -0.4 is 14.3 Å². The summed E-state index contributed by atoms with van der Waals surface area (Å²) in [5, 5.41) is 0. The van der Waals surface area contributed by atoms with E-state index in [1.165, 1.54) is 23.5 Å². The highest BCUT2D eigenvalue weighted by molar-refractivity contribution is 7.09. The molecule has 1 aliphatic heterocycles. The van der Waals surface area contributed by atoms with Gasteiger partial charge in [0, 0.05) is 30.2 Å². The zero-order chi connectivity index (χ0) is 19.6. The summed E-state index contributed by atoms with van der Waals surface area (Å²) in [6.07, 6.45) is -0.168. The Morgan fingerprint density at radius 1 is 1.22 bits per heavy atom. The van der Waals surface area contributed by atoms with Gasteiger partial charge in [-0.05, 0) is 31.9 Å². The monoisotopic (exact) mass is 397 g/mol. The van der Waals surface area contributed by atoms with Crippen LogP contribution in [0.2, 0.25) is 0 Å². The third-order valence-corrected chi connectivity index (χ3v) is 4.78. The van der Waals surface area contributed by atoms with Gasteiger partial charge in [0.2, 0.25) is 0 Å². The van der Waals surface area contributed by atoms with Crippen LogP contribution >= 0.6 is 11.3 Å². The van der Waals surface area contributed by atoms with Crippen LogP contribution in [-0.2, 0) is 0 Å². The van der Waals surface area contributed by atoms with E-state index in [4.69, 9.17) is 0 Å². The molecule has 2 aromatic rings. The first-order valence-electron chi connectivity index (χ1n) is 8.76. The van der Waals surface area contributed by atoms with Gasteiger partial charge < -0.3 is 14.4 Å². The quantitative estimate of drug-likeness (QED) is 0.755. The Labute approximate surface area is 159 Å². The topological polar surface area (TPSA) is 56.1 Å². The maximum atomic E-state index is 13.2. The largest absolute Gasteiger partial charge is 0.586 e. The van der Waals surface area contributed by atoms with Crippen LogP contribution in [0, 0.1) is 6.92 Å². The zero-order valence-corrected chi connectivity index (χ0v) is 16.2. The van der Waals surface area contributed by atoms with Crippen molar-refractivity contribution >= 4 is 17.4 Å². The second-order valence-electron chi connectivity index (χ2n) is 6.17. The lowest BCUT2D eigenvalue weighted by atomic mass is 10.3. The molecule has 146 valence electrons. The van der Waals surface area contributed by atoms with E-state index in [1.807, 2.05) is 20.8 Å². The highest BCUT2D eigenvalue weighted by atomic mass is 32.1. The molecule has 0 bridgehead atoms.